The molecule has 1 aromatic carbocycles. The molecule has 0 atom stereocenters. The van der Waals surface area contributed by atoms with Crippen molar-refractivity contribution in [1.82, 2.24) is 14.9 Å². The SMILES string of the molecule is O=C(NCCc1ccc(F)cc1)c1csc(-n2cccc2)n1. The minimum Gasteiger partial charge on any atom is -0.350 e. The fourth-order valence-electron chi connectivity index (χ4n) is 2.01. The highest BCUT2D eigenvalue weighted by atomic mass is 32.1. The predicted molar refractivity (Wildman–Crippen MR) is 83.9 cm³/mol. The second kappa shape index (κ2) is 6.53. The first-order chi connectivity index (χ1) is 10.7. The van der Waals surface area contributed by atoms with Gasteiger partial charge < -0.3 is 9.88 Å². The highest BCUT2D eigenvalue weighted by Crippen LogP contribution is 2.14. The van der Waals surface area contributed by atoms with Crippen LogP contribution in [0.5, 0.6) is 0 Å². The Morgan fingerprint density at radius 2 is 1.95 bits per heavy atom. The van der Waals surface area contributed by atoms with Crippen LogP contribution in [-0.2, 0) is 6.42 Å². The summed E-state index contributed by atoms with van der Waals surface area (Å²) in [6.07, 6.45) is 4.42. The van der Waals surface area contributed by atoms with Gasteiger partial charge in [0.05, 0.1) is 0 Å². The van der Waals surface area contributed by atoms with Crippen LogP contribution in [0.2, 0.25) is 0 Å². The van der Waals surface area contributed by atoms with Crippen LogP contribution in [0.15, 0.2) is 54.2 Å². The van der Waals surface area contributed by atoms with Gasteiger partial charge in [0, 0.05) is 24.3 Å². The van der Waals surface area contributed by atoms with E-state index >= 15 is 0 Å². The third-order valence-corrected chi connectivity index (χ3v) is 4.02. The van der Waals surface area contributed by atoms with Crippen molar-refractivity contribution in [3.05, 3.63) is 71.2 Å². The smallest absolute Gasteiger partial charge is 0.270 e. The highest BCUT2D eigenvalue weighted by molar-refractivity contribution is 7.12. The number of rotatable bonds is 5. The Labute approximate surface area is 131 Å². The number of aromatic nitrogens is 2. The quantitative estimate of drug-likeness (QED) is 0.786. The molecule has 0 saturated carbocycles. The number of halogens is 1. The molecule has 4 nitrogen and oxygen atoms in total. The molecular formula is C16H14FN3OS. The van der Waals surface area contributed by atoms with Crippen molar-refractivity contribution < 1.29 is 9.18 Å². The minimum atomic E-state index is -0.257. The number of nitrogens with one attached hydrogen (secondary N) is 1. The Bertz CT molecular complexity index is 750. The number of amides is 1. The molecule has 0 aliphatic heterocycles. The molecule has 0 radical (unpaired) electrons. The molecule has 3 aromatic rings. The lowest BCUT2D eigenvalue weighted by molar-refractivity contribution is 0.0950. The van der Waals surface area contributed by atoms with Crippen LogP contribution >= 0.6 is 11.3 Å². The van der Waals surface area contributed by atoms with Gasteiger partial charge in [0.25, 0.3) is 5.91 Å². The molecule has 1 amide bonds. The molecule has 112 valence electrons. The van der Waals surface area contributed by atoms with Gasteiger partial charge in [-0.2, -0.15) is 0 Å². The second-order valence-electron chi connectivity index (χ2n) is 4.74. The van der Waals surface area contributed by atoms with Gasteiger partial charge in [-0.25, -0.2) is 9.37 Å². The van der Waals surface area contributed by atoms with E-state index in [9.17, 15) is 9.18 Å². The minimum absolute atomic E-state index is 0.197. The molecule has 2 aromatic heterocycles. The third kappa shape index (κ3) is 3.40. The molecule has 0 aliphatic carbocycles. The molecule has 2 heterocycles. The normalized spacial score (nSPS) is 10.6. The van der Waals surface area contributed by atoms with Gasteiger partial charge >= 0.3 is 0 Å². The Balaban J connectivity index is 1.55. The van der Waals surface area contributed by atoms with Gasteiger partial charge in [0.2, 0.25) is 0 Å². The number of hydrogen-bond donors (Lipinski definition) is 1. The lowest BCUT2D eigenvalue weighted by Crippen LogP contribution is -2.26. The lowest BCUT2D eigenvalue weighted by Gasteiger charge is -2.03. The fraction of sp³-hybridized carbons (Fsp3) is 0.125. The molecule has 0 saturated heterocycles. The van der Waals surface area contributed by atoms with Gasteiger partial charge in [-0.05, 0) is 36.2 Å². The summed E-state index contributed by atoms with van der Waals surface area (Å²) in [5.74, 6) is -0.454. The summed E-state index contributed by atoms with van der Waals surface area (Å²) < 4.78 is 14.7. The fourth-order valence-corrected chi connectivity index (χ4v) is 2.78. The number of benzene rings is 1. The number of carbonyl (C=O) groups is 1. The summed E-state index contributed by atoms with van der Waals surface area (Å²) in [6.45, 7) is 0.487. The number of carbonyl (C=O) groups excluding carboxylic acids is 1. The van der Waals surface area contributed by atoms with Crippen LogP contribution < -0.4 is 5.32 Å². The predicted octanol–water partition coefficient (Wildman–Crippen LogP) is 3.05. The van der Waals surface area contributed by atoms with Gasteiger partial charge in [-0.1, -0.05) is 12.1 Å². The monoisotopic (exact) mass is 315 g/mol. The zero-order chi connectivity index (χ0) is 15.4. The van der Waals surface area contributed by atoms with Crippen molar-refractivity contribution in [1.29, 1.82) is 0 Å². The molecule has 6 heteroatoms. The first-order valence-electron chi connectivity index (χ1n) is 6.84. The van der Waals surface area contributed by atoms with E-state index < -0.39 is 0 Å². The van der Waals surface area contributed by atoms with E-state index in [1.54, 1.807) is 17.5 Å². The third-order valence-electron chi connectivity index (χ3n) is 3.16. The van der Waals surface area contributed by atoms with Crippen molar-refractivity contribution in [2.24, 2.45) is 0 Å². The van der Waals surface area contributed by atoms with Crippen molar-refractivity contribution in [3.8, 4) is 5.13 Å². The average molecular weight is 315 g/mol. The molecule has 0 fully saturated rings. The van der Waals surface area contributed by atoms with E-state index in [-0.39, 0.29) is 11.7 Å². The Kier molecular flexibility index (Phi) is 4.29. The van der Waals surface area contributed by atoms with Crippen LogP contribution in [0.3, 0.4) is 0 Å². The zero-order valence-electron chi connectivity index (χ0n) is 11.7. The summed E-state index contributed by atoms with van der Waals surface area (Å²) in [7, 11) is 0. The molecule has 0 bridgehead atoms. The first-order valence-corrected chi connectivity index (χ1v) is 7.72. The number of hydrogen-bond acceptors (Lipinski definition) is 3. The van der Waals surface area contributed by atoms with Crippen molar-refractivity contribution in [2.45, 2.75) is 6.42 Å². The summed E-state index contributed by atoms with van der Waals surface area (Å²) >= 11 is 1.42. The maximum absolute atomic E-state index is 12.8. The van der Waals surface area contributed by atoms with Crippen molar-refractivity contribution >= 4 is 17.2 Å². The average Bonchev–Trinajstić information content (AvgIpc) is 3.20. The Morgan fingerprint density at radius 1 is 1.23 bits per heavy atom. The van der Waals surface area contributed by atoms with Crippen LogP contribution in [0, 0.1) is 5.82 Å². The van der Waals surface area contributed by atoms with Gasteiger partial charge in [0.1, 0.15) is 11.5 Å². The van der Waals surface area contributed by atoms with Gasteiger partial charge in [0.15, 0.2) is 5.13 Å². The van der Waals surface area contributed by atoms with E-state index in [0.29, 0.717) is 18.7 Å². The summed E-state index contributed by atoms with van der Waals surface area (Å²) in [4.78, 5) is 16.3. The maximum Gasteiger partial charge on any atom is 0.270 e. The van der Waals surface area contributed by atoms with Crippen LogP contribution in [0.4, 0.5) is 4.39 Å². The number of nitrogens with zero attached hydrogens (tertiary/aromatic N) is 2. The molecule has 0 spiro atoms. The van der Waals surface area contributed by atoms with E-state index in [1.165, 1.54) is 23.5 Å². The lowest BCUT2D eigenvalue weighted by atomic mass is 10.1. The standard InChI is InChI=1S/C16H14FN3OS/c17-13-5-3-12(4-6-13)7-8-18-15(21)14-11-22-16(19-14)20-9-1-2-10-20/h1-6,9-11H,7-8H2,(H,18,21). The summed E-state index contributed by atoms with van der Waals surface area (Å²) in [5.41, 5.74) is 1.39. The van der Waals surface area contributed by atoms with Crippen molar-refractivity contribution in [3.63, 3.8) is 0 Å². The van der Waals surface area contributed by atoms with Crippen LogP contribution in [0.1, 0.15) is 16.1 Å². The van der Waals surface area contributed by atoms with Gasteiger partial charge in [-0.15, -0.1) is 11.3 Å². The molecule has 22 heavy (non-hydrogen) atoms. The van der Waals surface area contributed by atoms with E-state index in [2.05, 4.69) is 10.3 Å². The molecule has 0 aliphatic rings. The first kappa shape index (κ1) is 14.5. The summed E-state index contributed by atoms with van der Waals surface area (Å²) in [5, 5.41) is 5.32. The molecule has 0 unspecified atom stereocenters. The maximum atomic E-state index is 12.8. The largest absolute Gasteiger partial charge is 0.350 e. The second-order valence-corrected chi connectivity index (χ2v) is 5.57. The van der Waals surface area contributed by atoms with Gasteiger partial charge in [-0.3, -0.25) is 4.79 Å². The van der Waals surface area contributed by atoms with E-state index in [4.69, 9.17) is 0 Å². The van der Waals surface area contributed by atoms with E-state index in [1.807, 2.05) is 29.1 Å². The zero-order valence-corrected chi connectivity index (χ0v) is 12.5. The highest BCUT2D eigenvalue weighted by Gasteiger charge is 2.10. The Hall–Kier alpha value is -2.47. The molecule has 1 N–H and O–H groups in total. The van der Waals surface area contributed by atoms with E-state index in [0.717, 1.165) is 10.7 Å². The number of thiazole rings is 1. The Morgan fingerprint density at radius 3 is 2.68 bits per heavy atom. The molecule has 3 rings (SSSR count). The van der Waals surface area contributed by atoms with Crippen LogP contribution in [-0.4, -0.2) is 22.0 Å². The van der Waals surface area contributed by atoms with Crippen LogP contribution in [0.25, 0.3) is 5.13 Å². The summed E-state index contributed by atoms with van der Waals surface area (Å²) in [6, 6.07) is 10.1. The van der Waals surface area contributed by atoms with Crippen molar-refractivity contribution in [2.75, 3.05) is 6.54 Å². The molecular weight excluding hydrogens is 301 g/mol. The topological polar surface area (TPSA) is 46.9 Å².